The van der Waals surface area contributed by atoms with Crippen LogP contribution in [0, 0.1) is 0 Å². The van der Waals surface area contributed by atoms with Crippen LogP contribution in [-0.4, -0.2) is 40.8 Å². The second kappa shape index (κ2) is 6.57. The van der Waals surface area contributed by atoms with E-state index < -0.39 is 0 Å². The highest BCUT2D eigenvalue weighted by Gasteiger charge is 2.13. The maximum absolute atomic E-state index is 9.65. The van der Waals surface area contributed by atoms with Crippen LogP contribution >= 0.6 is 11.8 Å². The number of rotatable bonds is 4. The van der Waals surface area contributed by atoms with Crippen molar-refractivity contribution < 1.29 is 5.21 Å². The molecule has 2 aromatic heterocycles. The molecule has 0 fully saturated rings. The highest BCUT2D eigenvalue weighted by molar-refractivity contribution is 7.98. The molecule has 0 aliphatic heterocycles. The molecule has 0 aliphatic rings. The molecule has 0 saturated carbocycles. The average Bonchev–Trinajstić information content (AvgIpc) is 2.96. The van der Waals surface area contributed by atoms with Gasteiger partial charge in [0.2, 0.25) is 0 Å². The molecule has 0 amide bonds. The quantitative estimate of drug-likeness (QED) is 0.341. The topological polar surface area (TPSA) is 53.7 Å². The standard InChI is InChI=1S/C18H20N4OS/c1-21(2)16-10-14(11-17(19-16)24-4)18(20-23)13-5-6-15-12(9-13)7-8-22(15)3/h5-11,23H,1-4H3. The Morgan fingerprint density at radius 3 is 2.62 bits per heavy atom. The number of thioether (sulfide) groups is 1. The summed E-state index contributed by atoms with van der Waals surface area (Å²) < 4.78 is 2.07. The van der Waals surface area contributed by atoms with Crippen molar-refractivity contribution in [2.45, 2.75) is 5.03 Å². The van der Waals surface area contributed by atoms with Gasteiger partial charge in [-0.15, -0.1) is 11.8 Å². The Bertz CT molecular complexity index is 915. The molecule has 1 aromatic carbocycles. The molecule has 0 aliphatic carbocycles. The van der Waals surface area contributed by atoms with Crippen LogP contribution in [0.5, 0.6) is 0 Å². The van der Waals surface area contributed by atoms with E-state index in [-0.39, 0.29) is 0 Å². The summed E-state index contributed by atoms with van der Waals surface area (Å²) in [7, 11) is 5.91. The third-order valence-corrected chi connectivity index (χ3v) is 4.62. The first-order valence-corrected chi connectivity index (χ1v) is 8.77. The Kier molecular flexibility index (Phi) is 4.49. The van der Waals surface area contributed by atoms with E-state index in [4.69, 9.17) is 0 Å². The molecular formula is C18H20N4OS. The molecule has 0 bridgehead atoms. The molecule has 124 valence electrons. The smallest absolute Gasteiger partial charge is 0.130 e. The molecule has 3 aromatic rings. The lowest BCUT2D eigenvalue weighted by Gasteiger charge is -2.15. The molecule has 2 heterocycles. The van der Waals surface area contributed by atoms with Crippen molar-refractivity contribution in [2.24, 2.45) is 12.2 Å². The third-order valence-electron chi connectivity index (χ3n) is 3.99. The van der Waals surface area contributed by atoms with E-state index in [1.165, 1.54) is 0 Å². The van der Waals surface area contributed by atoms with Gasteiger partial charge in [-0.25, -0.2) is 4.98 Å². The minimum Gasteiger partial charge on any atom is -0.410 e. The van der Waals surface area contributed by atoms with Gasteiger partial charge in [-0.3, -0.25) is 0 Å². The lowest BCUT2D eigenvalue weighted by atomic mass is 10.0. The van der Waals surface area contributed by atoms with Crippen molar-refractivity contribution in [3.63, 3.8) is 0 Å². The van der Waals surface area contributed by atoms with Crippen LogP contribution in [0.3, 0.4) is 0 Å². The zero-order chi connectivity index (χ0) is 17.3. The number of oxime groups is 1. The summed E-state index contributed by atoms with van der Waals surface area (Å²) in [4.78, 5) is 6.51. The molecule has 0 spiro atoms. The fourth-order valence-electron chi connectivity index (χ4n) is 2.67. The Morgan fingerprint density at radius 1 is 1.17 bits per heavy atom. The number of hydrogen-bond acceptors (Lipinski definition) is 5. The van der Waals surface area contributed by atoms with Crippen molar-refractivity contribution in [3.8, 4) is 0 Å². The number of anilines is 1. The minimum atomic E-state index is 0.543. The largest absolute Gasteiger partial charge is 0.410 e. The molecule has 0 unspecified atom stereocenters. The molecule has 6 heteroatoms. The van der Waals surface area contributed by atoms with Crippen LogP contribution < -0.4 is 4.90 Å². The first kappa shape index (κ1) is 16.4. The van der Waals surface area contributed by atoms with Crippen LogP contribution in [0.4, 0.5) is 5.82 Å². The lowest BCUT2D eigenvalue weighted by molar-refractivity contribution is 0.319. The number of aryl methyl sites for hydroxylation is 1. The zero-order valence-electron chi connectivity index (χ0n) is 14.2. The number of nitrogens with zero attached hydrogens (tertiary/aromatic N) is 4. The first-order chi connectivity index (χ1) is 11.5. The molecular weight excluding hydrogens is 320 g/mol. The van der Waals surface area contributed by atoms with E-state index in [1.807, 2.05) is 68.8 Å². The predicted molar refractivity (Wildman–Crippen MR) is 101 cm³/mol. The number of fused-ring (bicyclic) bond motifs is 1. The van der Waals surface area contributed by atoms with Crippen LogP contribution in [0.25, 0.3) is 10.9 Å². The van der Waals surface area contributed by atoms with Crippen molar-refractivity contribution in [1.29, 1.82) is 0 Å². The summed E-state index contributed by atoms with van der Waals surface area (Å²) in [6.45, 7) is 0. The summed E-state index contributed by atoms with van der Waals surface area (Å²) in [5.41, 5.74) is 3.40. The van der Waals surface area contributed by atoms with Crippen molar-refractivity contribution in [2.75, 3.05) is 25.3 Å². The number of hydrogen-bond donors (Lipinski definition) is 1. The number of pyridine rings is 1. The van der Waals surface area contributed by atoms with Gasteiger partial charge >= 0.3 is 0 Å². The van der Waals surface area contributed by atoms with Crippen LogP contribution in [0.15, 0.2) is 52.8 Å². The second-order valence-corrected chi connectivity index (χ2v) is 6.63. The maximum atomic E-state index is 9.65. The van der Waals surface area contributed by atoms with E-state index in [0.717, 1.165) is 32.9 Å². The first-order valence-electron chi connectivity index (χ1n) is 7.54. The van der Waals surface area contributed by atoms with Gasteiger partial charge in [-0.1, -0.05) is 11.2 Å². The number of aromatic nitrogens is 2. The number of benzene rings is 1. The predicted octanol–water partition coefficient (Wildman–Crippen LogP) is 3.59. The Balaban J connectivity index is 2.12. The van der Waals surface area contributed by atoms with E-state index in [0.29, 0.717) is 5.71 Å². The van der Waals surface area contributed by atoms with Gasteiger partial charge in [-0.05, 0) is 36.6 Å². The van der Waals surface area contributed by atoms with Crippen LogP contribution in [-0.2, 0) is 7.05 Å². The minimum absolute atomic E-state index is 0.543. The van der Waals surface area contributed by atoms with Gasteiger partial charge in [-0.2, -0.15) is 0 Å². The molecule has 24 heavy (non-hydrogen) atoms. The Morgan fingerprint density at radius 2 is 1.96 bits per heavy atom. The molecule has 3 rings (SSSR count). The highest BCUT2D eigenvalue weighted by Crippen LogP contribution is 2.24. The average molecular weight is 340 g/mol. The molecule has 5 nitrogen and oxygen atoms in total. The SMILES string of the molecule is CSc1cc(C(=NO)c2ccc3c(ccn3C)c2)cc(N(C)C)n1. The van der Waals surface area contributed by atoms with Crippen molar-refractivity contribution in [3.05, 3.63) is 53.7 Å². The Labute approximate surface area is 145 Å². The van der Waals surface area contributed by atoms with Crippen molar-refractivity contribution in [1.82, 2.24) is 9.55 Å². The van der Waals surface area contributed by atoms with Crippen LogP contribution in [0.2, 0.25) is 0 Å². The molecule has 0 radical (unpaired) electrons. The van der Waals surface area contributed by atoms with E-state index in [2.05, 4.69) is 20.8 Å². The van der Waals surface area contributed by atoms with E-state index >= 15 is 0 Å². The Hall–Kier alpha value is -2.47. The van der Waals surface area contributed by atoms with Gasteiger partial charge in [0.15, 0.2) is 0 Å². The maximum Gasteiger partial charge on any atom is 0.130 e. The van der Waals surface area contributed by atoms with Crippen LogP contribution in [0.1, 0.15) is 11.1 Å². The fourth-order valence-corrected chi connectivity index (χ4v) is 3.10. The van der Waals surface area contributed by atoms with Gasteiger partial charge in [0, 0.05) is 49.4 Å². The summed E-state index contributed by atoms with van der Waals surface area (Å²) >= 11 is 1.57. The van der Waals surface area contributed by atoms with Gasteiger partial charge in [0.1, 0.15) is 11.5 Å². The second-order valence-electron chi connectivity index (χ2n) is 5.80. The summed E-state index contributed by atoms with van der Waals surface area (Å²) in [5, 5.41) is 15.2. The van der Waals surface area contributed by atoms with Gasteiger partial charge < -0.3 is 14.7 Å². The zero-order valence-corrected chi connectivity index (χ0v) is 15.0. The summed E-state index contributed by atoms with van der Waals surface area (Å²) in [6, 6.07) is 12.0. The lowest BCUT2D eigenvalue weighted by Crippen LogP contribution is -2.13. The summed E-state index contributed by atoms with van der Waals surface area (Å²) in [5.74, 6) is 0.832. The van der Waals surface area contributed by atoms with Gasteiger partial charge in [0.25, 0.3) is 0 Å². The monoisotopic (exact) mass is 340 g/mol. The normalized spacial score (nSPS) is 11.9. The van der Waals surface area contributed by atoms with Crippen molar-refractivity contribution >= 4 is 34.2 Å². The highest BCUT2D eigenvalue weighted by atomic mass is 32.2. The van der Waals surface area contributed by atoms with Gasteiger partial charge in [0.05, 0.1) is 5.03 Å². The third kappa shape index (κ3) is 2.97. The van der Waals surface area contributed by atoms with E-state index in [1.54, 1.807) is 11.8 Å². The fraction of sp³-hybridized carbons (Fsp3) is 0.222. The molecule has 0 saturated heterocycles. The molecule has 0 atom stereocenters. The molecule has 1 N–H and O–H groups in total. The van der Waals surface area contributed by atoms with E-state index in [9.17, 15) is 5.21 Å². The summed E-state index contributed by atoms with van der Waals surface area (Å²) in [6.07, 6.45) is 4.00.